The van der Waals surface area contributed by atoms with Gasteiger partial charge in [0.2, 0.25) is 0 Å². The Balaban J connectivity index is 2.00. The molecular weight excluding hydrogens is 322 g/mol. The van der Waals surface area contributed by atoms with Gasteiger partial charge in [0.15, 0.2) is 0 Å². The topological polar surface area (TPSA) is 15.8 Å². The smallest absolute Gasteiger partial charge is 0.0800 e. The lowest BCUT2D eigenvalue weighted by molar-refractivity contribution is 0.973. The van der Waals surface area contributed by atoms with Gasteiger partial charge in [-0.2, -0.15) is 0 Å². The number of H-pyrrole nitrogens is 1. The zero-order chi connectivity index (χ0) is 13.0. The van der Waals surface area contributed by atoms with Gasteiger partial charge in [-0.15, -0.1) is 0 Å². The van der Waals surface area contributed by atoms with Crippen LogP contribution in [0.4, 0.5) is 0 Å². The minimum Gasteiger partial charge on any atom is -0.357 e. The van der Waals surface area contributed by atoms with Crippen molar-refractivity contribution >= 4 is 38.4 Å². The maximum absolute atomic E-state index is 6.08. The molecule has 1 heterocycles. The number of benzene rings is 2. The molecule has 4 rings (SSSR count). The van der Waals surface area contributed by atoms with Crippen molar-refractivity contribution in [2.24, 2.45) is 0 Å². The van der Waals surface area contributed by atoms with Crippen LogP contribution < -0.4 is 0 Å². The van der Waals surface area contributed by atoms with Crippen molar-refractivity contribution in [1.82, 2.24) is 4.98 Å². The minimum atomic E-state index is 0.235. The summed E-state index contributed by atoms with van der Waals surface area (Å²) < 4.78 is 0. The number of nitrogens with one attached hydrogen (secondary N) is 1. The van der Waals surface area contributed by atoms with Crippen molar-refractivity contribution in [3.05, 3.63) is 69.9 Å². The van der Waals surface area contributed by atoms with Crippen LogP contribution in [-0.2, 0) is 6.42 Å². The Hall–Kier alpha value is -1.25. The van der Waals surface area contributed by atoms with Crippen LogP contribution in [0.5, 0.6) is 0 Å². The third kappa shape index (κ3) is 1.67. The van der Waals surface area contributed by atoms with Gasteiger partial charge in [0, 0.05) is 28.0 Å². The molecule has 0 bridgehead atoms. The van der Waals surface area contributed by atoms with Gasteiger partial charge < -0.3 is 4.98 Å². The third-order valence-electron chi connectivity index (χ3n) is 3.85. The van der Waals surface area contributed by atoms with E-state index in [2.05, 4.69) is 51.2 Å². The molecule has 1 atom stereocenters. The molecule has 2 aromatic carbocycles. The first-order chi connectivity index (χ1) is 9.24. The first kappa shape index (κ1) is 11.6. The Bertz CT molecular complexity index is 791. The van der Waals surface area contributed by atoms with Crippen LogP contribution in [0, 0.1) is 0 Å². The molecule has 0 saturated heterocycles. The van der Waals surface area contributed by atoms with Gasteiger partial charge in [-0.1, -0.05) is 57.9 Å². The summed E-state index contributed by atoms with van der Waals surface area (Å²) in [5.74, 6) is 0. The summed E-state index contributed by atoms with van der Waals surface area (Å²) in [5, 5.41) is 2.05. The Morgan fingerprint density at radius 2 is 2.00 bits per heavy atom. The molecule has 94 valence electrons. The number of halogens is 2. The molecule has 0 amide bonds. The van der Waals surface area contributed by atoms with E-state index in [1.165, 1.54) is 27.8 Å². The molecule has 0 fully saturated rings. The highest BCUT2D eigenvalue weighted by Crippen LogP contribution is 2.43. The minimum absolute atomic E-state index is 0.235. The summed E-state index contributed by atoms with van der Waals surface area (Å²) >= 11 is 9.89. The first-order valence-electron chi connectivity index (χ1n) is 6.26. The Labute approximate surface area is 124 Å². The third-order valence-corrected chi connectivity index (χ3v) is 5.04. The zero-order valence-electron chi connectivity index (χ0n) is 10.1. The van der Waals surface area contributed by atoms with E-state index in [1.807, 2.05) is 12.1 Å². The molecule has 3 aromatic rings. The van der Waals surface area contributed by atoms with Crippen LogP contribution in [0.3, 0.4) is 0 Å². The van der Waals surface area contributed by atoms with Crippen LogP contribution in [0.1, 0.15) is 27.2 Å². The lowest BCUT2D eigenvalue weighted by Gasteiger charge is -2.21. The standard InChI is InChI=1S/C16H11BrClN/c17-15-11-4-2-1-3-9(11)7-13-12-6-5-10(18)8-14(12)19-16(13)15/h1-6,8,15,19H,7H2. The summed E-state index contributed by atoms with van der Waals surface area (Å²) in [7, 11) is 0. The van der Waals surface area contributed by atoms with Crippen molar-refractivity contribution in [2.45, 2.75) is 11.2 Å². The summed E-state index contributed by atoms with van der Waals surface area (Å²) in [6.45, 7) is 0. The molecule has 0 aliphatic heterocycles. The predicted octanol–water partition coefficient (Wildman–Crippen LogP) is 5.21. The molecule has 1 aliphatic rings. The number of hydrogen-bond donors (Lipinski definition) is 1. The molecule has 0 spiro atoms. The number of rotatable bonds is 0. The van der Waals surface area contributed by atoms with Crippen molar-refractivity contribution in [3.63, 3.8) is 0 Å². The predicted molar refractivity (Wildman–Crippen MR) is 83.3 cm³/mol. The van der Waals surface area contributed by atoms with Crippen molar-refractivity contribution in [1.29, 1.82) is 0 Å². The van der Waals surface area contributed by atoms with E-state index in [4.69, 9.17) is 11.6 Å². The normalized spacial score (nSPS) is 17.3. The fourth-order valence-electron chi connectivity index (χ4n) is 2.94. The first-order valence-corrected chi connectivity index (χ1v) is 7.55. The summed E-state index contributed by atoms with van der Waals surface area (Å²) in [6.07, 6.45) is 0.981. The van der Waals surface area contributed by atoms with Crippen LogP contribution in [0.15, 0.2) is 42.5 Å². The van der Waals surface area contributed by atoms with Gasteiger partial charge in [-0.25, -0.2) is 0 Å². The van der Waals surface area contributed by atoms with E-state index in [0.29, 0.717) is 0 Å². The van der Waals surface area contributed by atoms with E-state index >= 15 is 0 Å². The molecular formula is C16H11BrClN. The number of fused-ring (bicyclic) bond motifs is 4. The second-order valence-corrected chi connectivity index (χ2v) is 6.30. The van der Waals surface area contributed by atoms with Gasteiger partial charge in [0.25, 0.3) is 0 Å². The molecule has 1 N–H and O–H groups in total. The molecule has 0 saturated carbocycles. The number of alkyl halides is 1. The van der Waals surface area contributed by atoms with E-state index in [1.54, 1.807) is 0 Å². The molecule has 1 unspecified atom stereocenters. The lowest BCUT2D eigenvalue weighted by Crippen LogP contribution is -2.08. The van der Waals surface area contributed by atoms with Crippen molar-refractivity contribution in [3.8, 4) is 0 Å². The van der Waals surface area contributed by atoms with E-state index in [0.717, 1.165) is 17.0 Å². The second-order valence-electron chi connectivity index (χ2n) is 4.95. The maximum Gasteiger partial charge on any atom is 0.0800 e. The highest BCUT2D eigenvalue weighted by molar-refractivity contribution is 9.09. The molecule has 1 aliphatic carbocycles. The fraction of sp³-hybridized carbons (Fsp3) is 0.125. The quantitative estimate of drug-likeness (QED) is 0.544. The Morgan fingerprint density at radius 3 is 2.89 bits per heavy atom. The highest BCUT2D eigenvalue weighted by Gasteiger charge is 2.26. The van der Waals surface area contributed by atoms with Crippen molar-refractivity contribution in [2.75, 3.05) is 0 Å². The van der Waals surface area contributed by atoms with Gasteiger partial charge in [-0.3, -0.25) is 0 Å². The van der Waals surface area contributed by atoms with E-state index in [9.17, 15) is 0 Å². The lowest BCUT2D eigenvalue weighted by atomic mass is 9.89. The van der Waals surface area contributed by atoms with Gasteiger partial charge >= 0.3 is 0 Å². The summed E-state index contributed by atoms with van der Waals surface area (Å²) in [4.78, 5) is 3.75. The van der Waals surface area contributed by atoms with Crippen LogP contribution >= 0.6 is 27.5 Å². The van der Waals surface area contributed by atoms with Gasteiger partial charge in [0.1, 0.15) is 0 Å². The molecule has 0 radical (unpaired) electrons. The highest BCUT2D eigenvalue weighted by atomic mass is 79.9. The molecule has 19 heavy (non-hydrogen) atoms. The van der Waals surface area contributed by atoms with Crippen LogP contribution in [-0.4, -0.2) is 4.98 Å². The number of hydrogen-bond acceptors (Lipinski definition) is 0. The van der Waals surface area contributed by atoms with Crippen LogP contribution in [0.2, 0.25) is 5.02 Å². The summed E-state index contributed by atoms with van der Waals surface area (Å²) in [6, 6.07) is 14.7. The maximum atomic E-state index is 6.08. The van der Waals surface area contributed by atoms with Gasteiger partial charge in [0.05, 0.1) is 4.83 Å². The van der Waals surface area contributed by atoms with E-state index in [-0.39, 0.29) is 4.83 Å². The second kappa shape index (κ2) is 4.12. The molecule has 3 heteroatoms. The average Bonchev–Trinajstić information content (AvgIpc) is 2.77. The van der Waals surface area contributed by atoms with Crippen molar-refractivity contribution < 1.29 is 0 Å². The number of aromatic amines is 1. The van der Waals surface area contributed by atoms with Gasteiger partial charge in [-0.05, 0) is 28.8 Å². The fourth-order valence-corrected chi connectivity index (χ4v) is 3.95. The number of aromatic nitrogens is 1. The monoisotopic (exact) mass is 331 g/mol. The average molecular weight is 333 g/mol. The SMILES string of the molecule is Clc1ccc2c3c([nH]c2c1)C(Br)c1ccccc1C3. The summed E-state index contributed by atoms with van der Waals surface area (Å²) in [5.41, 5.74) is 6.51. The largest absolute Gasteiger partial charge is 0.357 e. The Morgan fingerprint density at radius 1 is 1.16 bits per heavy atom. The van der Waals surface area contributed by atoms with E-state index < -0.39 is 0 Å². The zero-order valence-corrected chi connectivity index (χ0v) is 12.4. The molecule has 1 nitrogen and oxygen atoms in total. The molecule has 1 aromatic heterocycles. The van der Waals surface area contributed by atoms with Crippen LogP contribution in [0.25, 0.3) is 10.9 Å². The Kier molecular flexibility index (Phi) is 2.51.